The van der Waals surface area contributed by atoms with E-state index in [0.29, 0.717) is 19.7 Å². The van der Waals surface area contributed by atoms with E-state index in [-0.39, 0.29) is 30.8 Å². The fourth-order valence-electron chi connectivity index (χ4n) is 2.26. The summed E-state index contributed by atoms with van der Waals surface area (Å²) >= 11 is 0. The molecule has 122 valence electrons. The first-order valence-electron chi connectivity index (χ1n) is 6.94. The summed E-state index contributed by atoms with van der Waals surface area (Å²) in [4.78, 5) is 13.7. The zero-order chi connectivity index (χ0) is 16.2. The van der Waals surface area contributed by atoms with Crippen LogP contribution in [0.15, 0.2) is 24.3 Å². The Kier molecular flexibility index (Phi) is 5.49. The van der Waals surface area contributed by atoms with E-state index in [2.05, 4.69) is 4.72 Å². The quantitative estimate of drug-likeness (QED) is 0.861. The van der Waals surface area contributed by atoms with Crippen molar-refractivity contribution in [1.29, 1.82) is 0 Å². The fraction of sp³-hybridized carbons (Fsp3) is 0.500. The maximum atomic E-state index is 12.9. The third-order valence-electron chi connectivity index (χ3n) is 3.36. The Labute approximate surface area is 129 Å². The molecule has 0 saturated carbocycles. The van der Waals surface area contributed by atoms with Gasteiger partial charge in [0.15, 0.2) is 0 Å². The molecule has 0 bridgehead atoms. The van der Waals surface area contributed by atoms with Crippen LogP contribution < -0.4 is 4.72 Å². The van der Waals surface area contributed by atoms with Gasteiger partial charge in [0, 0.05) is 19.5 Å². The number of nitrogens with zero attached hydrogens (tertiary/aromatic N) is 1. The number of sulfonamides is 1. The second-order valence-electron chi connectivity index (χ2n) is 5.17. The lowest BCUT2D eigenvalue weighted by atomic mass is 10.1. The summed E-state index contributed by atoms with van der Waals surface area (Å²) in [5.74, 6) is -0.453. The number of nitrogens with one attached hydrogen (secondary N) is 1. The third-order valence-corrected chi connectivity index (χ3v) is 4.09. The summed E-state index contributed by atoms with van der Waals surface area (Å²) in [6.07, 6.45) is 0.862. The second-order valence-corrected chi connectivity index (χ2v) is 7.00. The predicted octanol–water partition coefficient (Wildman–Crippen LogP) is 0.665. The first-order valence-corrected chi connectivity index (χ1v) is 8.84. The fourth-order valence-corrected chi connectivity index (χ4v) is 2.73. The Morgan fingerprint density at radius 2 is 2.09 bits per heavy atom. The van der Waals surface area contributed by atoms with Crippen LogP contribution in [0, 0.1) is 5.82 Å². The number of amides is 1. The standard InChI is InChI=1S/C14H19FN2O4S/c1-22(19,20)16-7-6-14(18)17-8-9-21-13(10-17)11-2-4-12(15)5-3-11/h2-5,13,16H,6-10H2,1H3. The number of hydrogen-bond acceptors (Lipinski definition) is 4. The zero-order valence-corrected chi connectivity index (χ0v) is 13.1. The van der Waals surface area contributed by atoms with Crippen molar-refractivity contribution in [3.63, 3.8) is 0 Å². The van der Waals surface area contributed by atoms with E-state index in [9.17, 15) is 17.6 Å². The van der Waals surface area contributed by atoms with E-state index in [1.807, 2.05) is 0 Å². The Balaban J connectivity index is 1.89. The lowest BCUT2D eigenvalue weighted by molar-refractivity contribution is -0.138. The minimum absolute atomic E-state index is 0.0796. The van der Waals surface area contributed by atoms with Gasteiger partial charge in [0.05, 0.1) is 19.4 Å². The van der Waals surface area contributed by atoms with Gasteiger partial charge in [0.1, 0.15) is 11.9 Å². The van der Waals surface area contributed by atoms with Gasteiger partial charge in [-0.15, -0.1) is 0 Å². The zero-order valence-electron chi connectivity index (χ0n) is 12.3. The molecule has 1 saturated heterocycles. The maximum Gasteiger partial charge on any atom is 0.224 e. The van der Waals surface area contributed by atoms with Gasteiger partial charge >= 0.3 is 0 Å². The number of halogens is 1. The summed E-state index contributed by atoms with van der Waals surface area (Å²) < 4.78 is 42.8. The van der Waals surface area contributed by atoms with Gasteiger partial charge in [-0.3, -0.25) is 4.79 Å². The van der Waals surface area contributed by atoms with Crippen molar-refractivity contribution in [2.75, 3.05) is 32.5 Å². The van der Waals surface area contributed by atoms with Crippen molar-refractivity contribution in [3.05, 3.63) is 35.6 Å². The van der Waals surface area contributed by atoms with Gasteiger partial charge in [-0.05, 0) is 17.7 Å². The van der Waals surface area contributed by atoms with E-state index in [4.69, 9.17) is 4.74 Å². The number of ether oxygens (including phenoxy) is 1. The first-order chi connectivity index (χ1) is 10.3. The predicted molar refractivity (Wildman–Crippen MR) is 79.1 cm³/mol. The van der Waals surface area contributed by atoms with Gasteiger partial charge in [0.25, 0.3) is 0 Å². The molecule has 1 aromatic rings. The topological polar surface area (TPSA) is 75.7 Å². The monoisotopic (exact) mass is 330 g/mol. The van der Waals surface area contributed by atoms with E-state index < -0.39 is 10.0 Å². The number of morpholine rings is 1. The van der Waals surface area contributed by atoms with E-state index in [1.165, 1.54) is 12.1 Å². The summed E-state index contributed by atoms with van der Waals surface area (Å²) in [6, 6.07) is 5.99. The minimum atomic E-state index is -3.29. The van der Waals surface area contributed by atoms with E-state index >= 15 is 0 Å². The van der Waals surface area contributed by atoms with Crippen LogP contribution in [0.5, 0.6) is 0 Å². The Morgan fingerprint density at radius 1 is 1.41 bits per heavy atom. The molecule has 1 atom stereocenters. The van der Waals surface area contributed by atoms with Crippen molar-refractivity contribution in [2.45, 2.75) is 12.5 Å². The third kappa shape index (κ3) is 5.04. The molecule has 22 heavy (non-hydrogen) atoms. The number of benzene rings is 1. The molecule has 0 radical (unpaired) electrons. The molecular weight excluding hydrogens is 311 g/mol. The number of carbonyl (C=O) groups excluding carboxylic acids is 1. The minimum Gasteiger partial charge on any atom is -0.370 e. The number of rotatable bonds is 5. The van der Waals surface area contributed by atoms with Crippen LogP contribution in [-0.2, 0) is 19.6 Å². The molecule has 8 heteroatoms. The van der Waals surface area contributed by atoms with Gasteiger partial charge in [-0.25, -0.2) is 17.5 Å². The molecule has 1 aliphatic rings. The number of carbonyl (C=O) groups is 1. The molecule has 6 nitrogen and oxygen atoms in total. The smallest absolute Gasteiger partial charge is 0.224 e. The second kappa shape index (κ2) is 7.17. The molecule has 1 amide bonds. The van der Waals surface area contributed by atoms with Crippen LogP contribution in [0.2, 0.25) is 0 Å². The molecule has 1 N–H and O–H groups in total. The largest absolute Gasteiger partial charge is 0.370 e. The van der Waals surface area contributed by atoms with Crippen molar-refractivity contribution >= 4 is 15.9 Å². The number of hydrogen-bond donors (Lipinski definition) is 1. The lowest BCUT2D eigenvalue weighted by Crippen LogP contribution is -2.43. The summed E-state index contributed by atoms with van der Waals surface area (Å²) in [7, 11) is -3.29. The van der Waals surface area contributed by atoms with E-state index in [0.717, 1.165) is 11.8 Å². The maximum absolute atomic E-state index is 12.9. The summed E-state index contributed by atoms with van der Waals surface area (Å²) in [5, 5.41) is 0. The van der Waals surface area contributed by atoms with Crippen LogP contribution in [0.4, 0.5) is 4.39 Å². The van der Waals surface area contributed by atoms with Gasteiger partial charge < -0.3 is 9.64 Å². The van der Waals surface area contributed by atoms with Gasteiger partial charge in [-0.1, -0.05) is 12.1 Å². The highest BCUT2D eigenvalue weighted by Crippen LogP contribution is 2.22. The molecule has 1 fully saturated rings. The highest BCUT2D eigenvalue weighted by molar-refractivity contribution is 7.88. The van der Waals surface area contributed by atoms with Crippen molar-refractivity contribution in [1.82, 2.24) is 9.62 Å². The van der Waals surface area contributed by atoms with Crippen LogP contribution in [0.3, 0.4) is 0 Å². The molecule has 1 aliphatic heterocycles. The normalized spacial score (nSPS) is 19.2. The van der Waals surface area contributed by atoms with Crippen molar-refractivity contribution in [3.8, 4) is 0 Å². The molecule has 1 heterocycles. The first kappa shape index (κ1) is 16.9. The Morgan fingerprint density at radius 3 is 2.73 bits per heavy atom. The molecule has 1 aromatic carbocycles. The summed E-state index contributed by atoms with van der Waals surface area (Å²) in [6.45, 7) is 1.32. The molecule has 0 aromatic heterocycles. The Bertz CT molecular complexity index is 618. The van der Waals surface area contributed by atoms with Gasteiger partial charge in [0.2, 0.25) is 15.9 Å². The average Bonchev–Trinajstić information content (AvgIpc) is 2.47. The van der Waals surface area contributed by atoms with Crippen molar-refractivity contribution in [2.24, 2.45) is 0 Å². The molecule has 0 spiro atoms. The van der Waals surface area contributed by atoms with Crippen LogP contribution >= 0.6 is 0 Å². The highest BCUT2D eigenvalue weighted by Gasteiger charge is 2.25. The van der Waals surface area contributed by atoms with Crippen LogP contribution in [0.25, 0.3) is 0 Å². The van der Waals surface area contributed by atoms with E-state index in [1.54, 1.807) is 17.0 Å². The van der Waals surface area contributed by atoms with Crippen LogP contribution in [0.1, 0.15) is 18.1 Å². The lowest BCUT2D eigenvalue weighted by Gasteiger charge is -2.33. The molecule has 1 unspecified atom stereocenters. The van der Waals surface area contributed by atoms with Crippen molar-refractivity contribution < 1.29 is 22.3 Å². The Hall–Kier alpha value is -1.51. The molecular formula is C14H19FN2O4S. The SMILES string of the molecule is CS(=O)(=O)NCCC(=O)N1CCOC(c2ccc(F)cc2)C1. The summed E-state index contributed by atoms with van der Waals surface area (Å²) in [5.41, 5.74) is 0.813. The van der Waals surface area contributed by atoms with Gasteiger partial charge in [-0.2, -0.15) is 0 Å². The van der Waals surface area contributed by atoms with Crippen LogP contribution in [-0.4, -0.2) is 51.7 Å². The molecule has 2 rings (SSSR count). The molecule has 0 aliphatic carbocycles. The highest BCUT2D eigenvalue weighted by atomic mass is 32.2. The average molecular weight is 330 g/mol.